The summed E-state index contributed by atoms with van der Waals surface area (Å²) in [7, 11) is 3.21. The van der Waals surface area contributed by atoms with E-state index in [2.05, 4.69) is 22.5 Å². The molecule has 1 aromatic carbocycles. The fourth-order valence-corrected chi connectivity index (χ4v) is 2.52. The summed E-state index contributed by atoms with van der Waals surface area (Å²) in [4.78, 5) is 16.4. The van der Waals surface area contributed by atoms with Gasteiger partial charge >= 0.3 is 0 Å². The molecule has 0 saturated carbocycles. The van der Waals surface area contributed by atoms with Crippen molar-refractivity contribution in [2.75, 3.05) is 32.6 Å². The van der Waals surface area contributed by atoms with Crippen molar-refractivity contribution in [3.8, 4) is 11.5 Å². The predicted molar refractivity (Wildman–Crippen MR) is 103 cm³/mol. The average Bonchev–Trinajstić information content (AvgIpc) is 2.68. The number of methoxy groups -OCH3 is 2. The van der Waals surface area contributed by atoms with Gasteiger partial charge in [-0.2, -0.15) is 0 Å². The minimum atomic E-state index is -0.176. The molecule has 0 bridgehead atoms. The first kappa shape index (κ1) is 19.6. The van der Waals surface area contributed by atoms with Crippen LogP contribution in [0.5, 0.6) is 11.5 Å². The van der Waals surface area contributed by atoms with E-state index in [-0.39, 0.29) is 5.91 Å². The van der Waals surface area contributed by atoms with Crippen LogP contribution in [0.3, 0.4) is 0 Å². The summed E-state index contributed by atoms with van der Waals surface area (Å²) in [6.45, 7) is 3.55. The number of rotatable bonds is 10. The smallest absolute Gasteiger partial charge is 0.269 e. The van der Waals surface area contributed by atoms with Gasteiger partial charge in [0.1, 0.15) is 5.69 Å². The second-order valence-corrected chi connectivity index (χ2v) is 5.91. The highest BCUT2D eigenvalue weighted by atomic mass is 16.5. The van der Waals surface area contributed by atoms with Crippen molar-refractivity contribution in [3.63, 3.8) is 0 Å². The Bertz CT molecular complexity index is 719. The van der Waals surface area contributed by atoms with E-state index in [9.17, 15) is 4.79 Å². The normalized spacial score (nSPS) is 10.3. The van der Waals surface area contributed by atoms with Gasteiger partial charge in [-0.25, -0.2) is 0 Å². The molecular formula is C20H27N3O3. The predicted octanol–water partition coefficient (Wildman–Crippen LogP) is 3.28. The Morgan fingerprint density at radius 2 is 1.88 bits per heavy atom. The lowest BCUT2D eigenvalue weighted by Gasteiger charge is -2.10. The Labute approximate surface area is 154 Å². The standard InChI is InChI=1S/C20H27N3O3/c1-4-5-10-21-16-9-12-22-17(14-16)20(24)23-11-8-15-6-7-18(25-2)19(13-15)26-3/h6-7,9,12-14H,4-5,8,10-11H2,1-3H3,(H,21,22)(H,23,24). The van der Waals surface area contributed by atoms with E-state index in [0.717, 1.165) is 30.6 Å². The largest absolute Gasteiger partial charge is 0.493 e. The zero-order valence-corrected chi connectivity index (χ0v) is 15.7. The lowest BCUT2D eigenvalue weighted by Crippen LogP contribution is -2.26. The minimum Gasteiger partial charge on any atom is -0.493 e. The first-order chi connectivity index (χ1) is 12.7. The zero-order valence-electron chi connectivity index (χ0n) is 15.7. The van der Waals surface area contributed by atoms with E-state index in [0.29, 0.717) is 30.2 Å². The molecule has 2 aromatic rings. The number of unbranched alkanes of at least 4 members (excludes halogenated alkanes) is 1. The number of hydrogen-bond acceptors (Lipinski definition) is 5. The summed E-state index contributed by atoms with van der Waals surface area (Å²) in [6, 6.07) is 9.39. The molecule has 1 heterocycles. The highest BCUT2D eigenvalue weighted by Gasteiger charge is 2.09. The maximum Gasteiger partial charge on any atom is 0.269 e. The Morgan fingerprint density at radius 3 is 2.62 bits per heavy atom. The minimum absolute atomic E-state index is 0.176. The third-order valence-electron chi connectivity index (χ3n) is 4.00. The number of ether oxygens (including phenoxy) is 2. The third-order valence-corrected chi connectivity index (χ3v) is 4.00. The molecule has 6 nitrogen and oxygen atoms in total. The van der Waals surface area contributed by atoms with Crippen LogP contribution in [0.4, 0.5) is 5.69 Å². The lowest BCUT2D eigenvalue weighted by molar-refractivity contribution is 0.0949. The maximum absolute atomic E-state index is 12.3. The van der Waals surface area contributed by atoms with Crippen molar-refractivity contribution in [2.45, 2.75) is 26.2 Å². The molecule has 0 fully saturated rings. The van der Waals surface area contributed by atoms with Crippen LogP contribution in [-0.4, -0.2) is 38.2 Å². The highest BCUT2D eigenvalue weighted by molar-refractivity contribution is 5.93. The Kier molecular flexibility index (Phi) is 7.74. The van der Waals surface area contributed by atoms with Crippen LogP contribution in [0.1, 0.15) is 35.8 Å². The van der Waals surface area contributed by atoms with Crippen molar-refractivity contribution in [1.82, 2.24) is 10.3 Å². The van der Waals surface area contributed by atoms with Crippen molar-refractivity contribution in [3.05, 3.63) is 47.8 Å². The number of aromatic nitrogens is 1. The fourth-order valence-electron chi connectivity index (χ4n) is 2.52. The highest BCUT2D eigenvalue weighted by Crippen LogP contribution is 2.27. The summed E-state index contributed by atoms with van der Waals surface area (Å²) in [5.74, 6) is 1.20. The van der Waals surface area contributed by atoms with Crippen LogP contribution < -0.4 is 20.1 Å². The van der Waals surface area contributed by atoms with E-state index in [1.54, 1.807) is 26.5 Å². The van der Waals surface area contributed by atoms with Gasteiger partial charge in [-0.1, -0.05) is 19.4 Å². The molecule has 0 spiro atoms. The average molecular weight is 357 g/mol. The molecule has 140 valence electrons. The number of nitrogens with zero attached hydrogens (tertiary/aromatic N) is 1. The van der Waals surface area contributed by atoms with Gasteiger partial charge in [-0.15, -0.1) is 0 Å². The third kappa shape index (κ3) is 5.65. The zero-order chi connectivity index (χ0) is 18.8. The number of hydrogen-bond donors (Lipinski definition) is 2. The van der Waals surface area contributed by atoms with Gasteiger partial charge in [-0.3, -0.25) is 9.78 Å². The van der Waals surface area contributed by atoms with E-state index in [4.69, 9.17) is 9.47 Å². The van der Waals surface area contributed by atoms with Gasteiger partial charge < -0.3 is 20.1 Å². The van der Waals surface area contributed by atoms with E-state index < -0.39 is 0 Å². The number of carbonyl (C=O) groups excluding carboxylic acids is 1. The van der Waals surface area contributed by atoms with Gasteiger partial charge in [0.25, 0.3) is 5.91 Å². The van der Waals surface area contributed by atoms with E-state index in [1.165, 1.54) is 0 Å². The van der Waals surface area contributed by atoms with Crippen LogP contribution in [0.25, 0.3) is 0 Å². The molecular weight excluding hydrogens is 330 g/mol. The topological polar surface area (TPSA) is 72.5 Å². The summed E-state index contributed by atoms with van der Waals surface area (Å²) >= 11 is 0. The quantitative estimate of drug-likeness (QED) is 0.639. The van der Waals surface area contributed by atoms with Crippen molar-refractivity contribution < 1.29 is 14.3 Å². The molecule has 0 aliphatic rings. The van der Waals surface area contributed by atoms with Gasteiger partial charge in [0, 0.05) is 25.0 Å². The van der Waals surface area contributed by atoms with Crippen LogP contribution in [0.15, 0.2) is 36.5 Å². The molecule has 26 heavy (non-hydrogen) atoms. The molecule has 0 aliphatic carbocycles. The summed E-state index contributed by atoms with van der Waals surface area (Å²) in [6.07, 6.45) is 4.56. The lowest BCUT2D eigenvalue weighted by atomic mass is 10.1. The number of pyridine rings is 1. The van der Waals surface area contributed by atoms with Gasteiger partial charge in [0.05, 0.1) is 14.2 Å². The molecule has 0 radical (unpaired) electrons. The summed E-state index contributed by atoms with van der Waals surface area (Å²) in [5.41, 5.74) is 2.39. The maximum atomic E-state index is 12.3. The van der Waals surface area contributed by atoms with Gasteiger partial charge in [-0.05, 0) is 42.7 Å². The molecule has 2 rings (SSSR count). The van der Waals surface area contributed by atoms with Gasteiger partial charge in [0.2, 0.25) is 0 Å². The van der Waals surface area contributed by atoms with Crippen molar-refractivity contribution >= 4 is 11.6 Å². The number of amides is 1. The monoisotopic (exact) mass is 357 g/mol. The Balaban J connectivity index is 1.88. The first-order valence-corrected chi connectivity index (χ1v) is 8.87. The molecule has 0 atom stereocenters. The van der Waals surface area contributed by atoms with Crippen LogP contribution in [-0.2, 0) is 6.42 Å². The summed E-state index contributed by atoms with van der Waals surface area (Å²) in [5, 5.41) is 6.21. The Hall–Kier alpha value is -2.76. The Morgan fingerprint density at radius 1 is 1.08 bits per heavy atom. The molecule has 1 amide bonds. The first-order valence-electron chi connectivity index (χ1n) is 8.87. The van der Waals surface area contributed by atoms with E-state index in [1.807, 2.05) is 24.3 Å². The number of carbonyl (C=O) groups is 1. The molecule has 1 aromatic heterocycles. The number of nitrogens with one attached hydrogen (secondary N) is 2. The fraction of sp³-hybridized carbons (Fsp3) is 0.400. The molecule has 0 saturated heterocycles. The second kappa shape index (κ2) is 10.3. The van der Waals surface area contributed by atoms with Crippen molar-refractivity contribution in [1.29, 1.82) is 0 Å². The summed E-state index contributed by atoms with van der Waals surface area (Å²) < 4.78 is 10.5. The molecule has 6 heteroatoms. The van der Waals surface area contributed by atoms with Gasteiger partial charge in [0.15, 0.2) is 11.5 Å². The van der Waals surface area contributed by atoms with Crippen LogP contribution in [0, 0.1) is 0 Å². The number of benzene rings is 1. The van der Waals surface area contributed by atoms with Crippen LogP contribution >= 0.6 is 0 Å². The van der Waals surface area contributed by atoms with Crippen LogP contribution in [0.2, 0.25) is 0 Å². The molecule has 0 unspecified atom stereocenters. The SMILES string of the molecule is CCCCNc1ccnc(C(=O)NCCc2ccc(OC)c(OC)c2)c1. The number of anilines is 1. The molecule has 0 aliphatic heterocycles. The molecule has 2 N–H and O–H groups in total. The van der Waals surface area contributed by atoms with Crippen molar-refractivity contribution in [2.24, 2.45) is 0 Å². The second-order valence-electron chi connectivity index (χ2n) is 5.91. The van der Waals surface area contributed by atoms with E-state index >= 15 is 0 Å².